The third-order valence-corrected chi connectivity index (χ3v) is 2.80. The molecule has 1 aromatic carbocycles. The number of primary amides is 1. The predicted octanol–water partition coefficient (Wildman–Crippen LogP) is 1.22. The van der Waals surface area contributed by atoms with Gasteiger partial charge in [0.05, 0.1) is 7.11 Å². The summed E-state index contributed by atoms with van der Waals surface area (Å²) in [6.07, 6.45) is 1.66. The molecule has 3 aromatic rings. The van der Waals surface area contributed by atoms with Crippen molar-refractivity contribution in [2.75, 3.05) is 7.11 Å². The average Bonchev–Trinajstić information content (AvgIpc) is 2.74. The molecule has 18 heavy (non-hydrogen) atoms. The van der Waals surface area contributed by atoms with E-state index in [1.807, 2.05) is 0 Å². The molecular formula is C12H10N4O2. The van der Waals surface area contributed by atoms with Gasteiger partial charge in [-0.05, 0) is 18.2 Å². The summed E-state index contributed by atoms with van der Waals surface area (Å²) >= 11 is 0. The molecule has 0 aliphatic carbocycles. The molecule has 2 aromatic heterocycles. The maximum absolute atomic E-state index is 11.2. The fraction of sp³-hybridized carbons (Fsp3) is 0.0833. The van der Waals surface area contributed by atoms with Crippen molar-refractivity contribution in [3.05, 3.63) is 30.0 Å². The van der Waals surface area contributed by atoms with Gasteiger partial charge >= 0.3 is 6.01 Å². The smallest absolute Gasteiger partial charge is 0.318 e. The molecule has 0 bridgehead atoms. The van der Waals surface area contributed by atoms with Crippen molar-refractivity contribution < 1.29 is 9.53 Å². The summed E-state index contributed by atoms with van der Waals surface area (Å²) in [6, 6.07) is 5.49. The summed E-state index contributed by atoms with van der Waals surface area (Å²) in [5, 5.41) is 1.69. The number of nitrogens with two attached hydrogens (primary N) is 1. The molecule has 1 amide bonds. The van der Waals surface area contributed by atoms with Crippen LogP contribution in [0.1, 0.15) is 10.4 Å². The first-order valence-electron chi connectivity index (χ1n) is 5.31. The zero-order valence-electron chi connectivity index (χ0n) is 9.60. The van der Waals surface area contributed by atoms with E-state index in [2.05, 4.69) is 15.0 Å². The summed E-state index contributed by atoms with van der Waals surface area (Å²) in [4.78, 5) is 22.6. The minimum atomic E-state index is -0.458. The third-order valence-electron chi connectivity index (χ3n) is 2.80. The van der Waals surface area contributed by atoms with Gasteiger partial charge in [-0.25, -0.2) is 4.98 Å². The number of hydrogen-bond acceptors (Lipinski definition) is 4. The van der Waals surface area contributed by atoms with Gasteiger partial charge in [-0.1, -0.05) is 0 Å². The number of amides is 1. The van der Waals surface area contributed by atoms with Gasteiger partial charge in [-0.2, -0.15) is 4.98 Å². The van der Waals surface area contributed by atoms with E-state index in [1.165, 1.54) is 7.11 Å². The van der Waals surface area contributed by atoms with Gasteiger partial charge in [-0.15, -0.1) is 0 Å². The summed E-state index contributed by atoms with van der Waals surface area (Å²) in [5.74, 6) is -0.458. The fourth-order valence-electron chi connectivity index (χ4n) is 1.91. The second-order valence-electron chi connectivity index (χ2n) is 3.87. The number of rotatable bonds is 2. The van der Waals surface area contributed by atoms with Crippen LogP contribution in [-0.4, -0.2) is 28.0 Å². The van der Waals surface area contributed by atoms with Gasteiger partial charge in [0.1, 0.15) is 5.65 Å². The maximum Gasteiger partial charge on any atom is 0.318 e. The van der Waals surface area contributed by atoms with Crippen LogP contribution < -0.4 is 10.5 Å². The Morgan fingerprint density at radius 1 is 1.39 bits per heavy atom. The van der Waals surface area contributed by atoms with Crippen molar-refractivity contribution in [1.29, 1.82) is 0 Å². The highest BCUT2D eigenvalue weighted by Gasteiger charge is 2.09. The van der Waals surface area contributed by atoms with E-state index in [9.17, 15) is 4.79 Å². The maximum atomic E-state index is 11.2. The van der Waals surface area contributed by atoms with Crippen LogP contribution in [0.4, 0.5) is 0 Å². The van der Waals surface area contributed by atoms with E-state index >= 15 is 0 Å². The number of nitrogens with one attached hydrogen (secondary N) is 1. The molecule has 0 unspecified atom stereocenters. The zero-order chi connectivity index (χ0) is 12.7. The van der Waals surface area contributed by atoms with E-state index in [4.69, 9.17) is 10.5 Å². The molecule has 90 valence electrons. The van der Waals surface area contributed by atoms with Crippen molar-refractivity contribution in [1.82, 2.24) is 15.0 Å². The van der Waals surface area contributed by atoms with Crippen LogP contribution in [0.2, 0.25) is 0 Å². The zero-order valence-corrected chi connectivity index (χ0v) is 9.60. The third kappa shape index (κ3) is 1.46. The lowest BCUT2D eigenvalue weighted by Crippen LogP contribution is -2.10. The van der Waals surface area contributed by atoms with Crippen LogP contribution in [-0.2, 0) is 0 Å². The van der Waals surface area contributed by atoms with Crippen LogP contribution in [0, 0.1) is 0 Å². The van der Waals surface area contributed by atoms with E-state index in [0.29, 0.717) is 17.2 Å². The Kier molecular flexibility index (Phi) is 2.16. The standard InChI is InChI=1S/C12H10N4O2/c1-18-12-14-5-8-7-4-6(10(13)17)2-3-9(7)15-11(8)16-12/h2-5H,1H3,(H2,13,17)(H,14,15,16). The van der Waals surface area contributed by atoms with Crippen LogP contribution in [0.5, 0.6) is 6.01 Å². The number of nitrogens with zero attached hydrogens (tertiary/aromatic N) is 2. The Labute approximate surface area is 102 Å². The van der Waals surface area contributed by atoms with Gasteiger partial charge < -0.3 is 15.5 Å². The van der Waals surface area contributed by atoms with E-state index in [-0.39, 0.29) is 0 Å². The second kappa shape index (κ2) is 3.69. The van der Waals surface area contributed by atoms with Gasteiger partial charge in [0.25, 0.3) is 0 Å². The molecular weight excluding hydrogens is 232 g/mol. The SMILES string of the molecule is COc1ncc2c(n1)[nH]c1ccc(C(N)=O)cc12. The topological polar surface area (TPSA) is 93.9 Å². The summed E-state index contributed by atoms with van der Waals surface area (Å²) in [7, 11) is 1.51. The Hall–Kier alpha value is -2.63. The van der Waals surface area contributed by atoms with Crippen LogP contribution >= 0.6 is 0 Å². The number of H-pyrrole nitrogens is 1. The van der Waals surface area contributed by atoms with Crippen molar-refractivity contribution in [2.45, 2.75) is 0 Å². The van der Waals surface area contributed by atoms with Crippen molar-refractivity contribution in [3.8, 4) is 6.01 Å². The first-order chi connectivity index (χ1) is 8.69. The summed E-state index contributed by atoms with van der Waals surface area (Å²) in [6.45, 7) is 0. The molecule has 0 fully saturated rings. The Morgan fingerprint density at radius 2 is 2.22 bits per heavy atom. The Morgan fingerprint density at radius 3 is 2.94 bits per heavy atom. The molecule has 0 radical (unpaired) electrons. The largest absolute Gasteiger partial charge is 0.467 e. The first kappa shape index (κ1) is 10.5. The number of carbonyl (C=O) groups is 1. The van der Waals surface area contributed by atoms with Crippen molar-refractivity contribution >= 4 is 27.8 Å². The number of aromatic nitrogens is 3. The van der Waals surface area contributed by atoms with Crippen LogP contribution in [0.15, 0.2) is 24.4 Å². The van der Waals surface area contributed by atoms with E-state index in [1.54, 1.807) is 24.4 Å². The van der Waals surface area contributed by atoms with Gasteiger partial charge in [0.15, 0.2) is 0 Å². The monoisotopic (exact) mass is 242 g/mol. The Balaban J connectivity index is 2.34. The number of hydrogen-bond donors (Lipinski definition) is 2. The number of ether oxygens (including phenoxy) is 1. The van der Waals surface area contributed by atoms with Crippen molar-refractivity contribution in [2.24, 2.45) is 5.73 Å². The summed E-state index contributed by atoms with van der Waals surface area (Å²) in [5.41, 5.74) is 7.26. The molecule has 0 atom stereocenters. The number of carbonyl (C=O) groups excluding carboxylic acids is 1. The molecule has 3 rings (SSSR count). The van der Waals surface area contributed by atoms with Gasteiger partial charge in [0, 0.05) is 28.0 Å². The summed E-state index contributed by atoms with van der Waals surface area (Å²) < 4.78 is 4.96. The number of benzene rings is 1. The van der Waals surface area contributed by atoms with Crippen LogP contribution in [0.3, 0.4) is 0 Å². The minimum absolute atomic E-state index is 0.296. The van der Waals surface area contributed by atoms with Crippen molar-refractivity contribution in [3.63, 3.8) is 0 Å². The number of aromatic amines is 1. The highest BCUT2D eigenvalue weighted by Crippen LogP contribution is 2.25. The highest BCUT2D eigenvalue weighted by molar-refractivity contribution is 6.08. The molecule has 0 saturated carbocycles. The molecule has 0 aliphatic rings. The lowest BCUT2D eigenvalue weighted by atomic mass is 10.1. The number of methoxy groups -OCH3 is 1. The average molecular weight is 242 g/mol. The molecule has 6 nitrogen and oxygen atoms in total. The van der Waals surface area contributed by atoms with Gasteiger partial charge in [0.2, 0.25) is 5.91 Å². The quantitative estimate of drug-likeness (QED) is 0.706. The number of fused-ring (bicyclic) bond motifs is 3. The molecule has 2 heterocycles. The second-order valence-corrected chi connectivity index (χ2v) is 3.87. The van der Waals surface area contributed by atoms with E-state index < -0.39 is 5.91 Å². The Bertz CT molecular complexity index is 763. The fourth-order valence-corrected chi connectivity index (χ4v) is 1.91. The normalized spacial score (nSPS) is 10.9. The lowest BCUT2D eigenvalue weighted by molar-refractivity contribution is 0.100. The van der Waals surface area contributed by atoms with E-state index in [0.717, 1.165) is 16.3 Å². The van der Waals surface area contributed by atoms with Crippen LogP contribution in [0.25, 0.3) is 21.9 Å². The first-order valence-corrected chi connectivity index (χ1v) is 5.31. The molecule has 3 N–H and O–H groups in total. The molecule has 0 aliphatic heterocycles. The molecule has 6 heteroatoms. The molecule has 0 saturated heterocycles. The van der Waals surface area contributed by atoms with Gasteiger partial charge in [-0.3, -0.25) is 4.79 Å². The minimum Gasteiger partial charge on any atom is -0.467 e. The lowest BCUT2D eigenvalue weighted by Gasteiger charge is -1.96. The molecule has 0 spiro atoms. The highest BCUT2D eigenvalue weighted by atomic mass is 16.5. The predicted molar refractivity (Wildman–Crippen MR) is 66.5 cm³/mol.